The molecule has 20 heavy (non-hydrogen) atoms. The first-order valence-electron chi connectivity index (χ1n) is 6.93. The molecule has 108 valence electrons. The van der Waals surface area contributed by atoms with Gasteiger partial charge in [-0.3, -0.25) is 4.79 Å². The highest BCUT2D eigenvalue weighted by atomic mass is 16.5. The number of nitrogens with zero attached hydrogens (tertiary/aromatic N) is 4. The molecular weight excluding hydrogens is 258 g/mol. The molecule has 1 saturated heterocycles. The molecule has 1 fully saturated rings. The summed E-state index contributed by atoms with van der Waals surface area (Å²) in [6.45, 7) is 4.45. The molecule has 2 N–H and O–H groups in total. The van der Waals surface area contributed by atoms with Crippen LogP contribution in [0.4, 0.5) is 5.82 Å². The lowest BCUT2D eigenvalue weighted by molar-refractivity contribution is -0.130. The van der Waals surface area contributed by atoms with Crippen molar-refractivity contribution in [1.82, 2.24) is 14.9 Å². The lowest BCUT2D eigenvalue weighted by atomic mass is 10.0. The van der Waals surface area contributed by atoms with E-state index in [1.54, 1.807) is 11.2 Å². The Morgan fingerprint density at radius 3 is 2.85 bits per heavy atom. The van der Waals surface area contributed by atoms with Gasteiger partial charge in [0.1, 0.15) is 12.1 Å². The SMILES string of the molecule is NCC(=O)N1CCc2c(ncnc2N2CCOCC2)C1. The zero-order chi connectivity index (χ0) is 13.9. The second-order valence-electron chi connectivity index (χ2n) is 4.99. The predicted octanol–water partition coefficient (Wildman–Crippen LogP) is -0.843. The fourth-order valence-electron chi connectivity index (χ4n) is 2.73. The topological polar surface area (TPSA) is 84.6 Å². The van der Waals surface area contributed by atoms with Crippen LogP contribution in [0, 0.1) is 0 Å². The summed E-state index contributed by atoms with van der Waals surface area (Å²) in [4.78, 5) is 24.5. The number of aromatic nitrogens is 2. The average molecular weight is 277 g/mol. The van der Waals surface area contributed by atoms with E-state index < -0.39 is 0 Å². The van der Waals surface area contributed by atoms with Crippen LogP contribution in [0.5, 0.6) is 0 Å². The molecule has 3 rings (SSSR count). The van der Waals surface area contributed by atoms with E-state index in [-0.39, 0.29) is 12.5 Å². The fourth-order valence-corrected chi connectivity index (χ4v) is 2.73. The maximum absolute atomic E-state index is 11.7. The number of fused-ring (bicyclic) bond motifs is 1. The molecule has 0 spiro atoms. The molecule has 2 aliphatic heterocycles. The summed E-state index contributed by atoms with van der Waals surface area (Å²) in [7, 11) is 0. The van der Waals surface area contributed by atoms with Crippen molar-refractivity contribution in [3.05, 3.63) is 17.6 Å². The van der Waals surface area contributed by atoms with Gasteiger partial charge in [0.2, 0.25) is 5.91 Å². The van der Waals surface area contributed by atoms with Gasteiger partial charge in [-0.2, -0.15) is 0 Å². The van der Waals surface area contributed by atoms with Crippen LogP contribution in [0.15, 0.2) is 6.33 Å². The lowest BCUT2D eigenvalue weighted by Gasteiger charge is -2.33. The minimum Gasteiger partial charge on any atom is -0.378 e. The first-order valence-corrected chi connectivity index (χ1v) is 6.93. The van der Waals surface area contributed by atoms with Gasteiger partial charge in [0.15, 0.2) is 0 Å². The third-order valence-electron chi connectivity index (χ3n) is 3.82. The fraction of sp³-hybridized carbons (Fsp3) is 0.615. The highest BCUT2D eigenvalue weighted by Gasteiger charge is 2.26. The lowest BCUT2D eigenvalue weighted by Crippen LogP contribution is -2.42. The molecule has 1 aromatic rings. The van der Waals surface area contributed by atoms with E-state index in [2.05, 4.69) is 14.9 Å². The van der Waals surface area contributed by atoms with Crippen molar-refractivity contribution in [1.29, 1.82) is 0 Å². The summed E-state index contributed by atoms with van der Waals surface area (Å²) in [6.07, 6.45) is 2.37. The van der Waals surface area contributed by atoms with Gasteiger partial charge in [0.25, 0.3) is 0 Å². The zero-order valence-corrected chi connectivity index (χ0v) is 11.4. The Bertz CT molecular complexity index is 502. The Kier molecular flexibility index (Phi) is 3.79. The van der Waals surface area contributed by atoms with Crippen molar-refractivity contribution in [3.63, 3.8) is 0 Å². The first-order chi connectivity index (χ1) is 9.79. The van der Waals surface area contributed by atoms with Crippen molar-refractivity contribution in [2.24, 2.45) is 5.73 Å². The summed E-state index contributed by atoms with van der Waals surface area (Å²) < 4.78 is 5.38. The molecular formula is C13H19N5O2. The number of hydrogen-bond donors (Lipinski definition) is 1. The summed E-state index contributed by atoms with van der Waals surface area (Å²) in [5.74, 6) is 0.973. The Balaban J connectivity index is 1.84. The van der Waals surface area contributed by atoms with E-state index in [1.165, 1.54) is 0 Å². The van der Waals surface area contributed by atoms with E-state index >= 15 is 0 Å². The summed E-state index contributed by atoms with van der Waals surface area (Å²) in [5.41, 5.74) is 7.53. The maximum Gasteiger partial charge on any atom is 0.236 e. The number of morpholine rings is 1. The number of rotatable bonds is 2. The summed E-state index contributed by atoms with van der Waals surface area (Å²) >= 11 is 0. The van der Waals surface area contributed by atoms with Crippen molar-refractivity contribution < 1.29 is 9.53 Å². The Morgan fingerprint density at radius 1 is 1.30 bits per heavy atom. The van der Waals surface area contributed by atoms with Crippen LogP contribution in [0.1, 0.15) is 11.3 Å². The van der Waals surface area contributed by atoms with Gasteiger partial charge in [-0.25, -0.2) is 9.97 Å². The number of amides is 1. The van der Waals surface area contributed by atoms with Gasteiger partial charge in [0, 0.05) is 25.2 Å². The third kappa shape index (κ3) is 2.46. The Labute approximate surface area is 117 Å². The number of nitrogens with two attached hydrogens (primary N) is 1. The van der Waals surface area contributed by atoms with Crippen molar-refractivity contribution >= 4 is 11.7 Å². The van der Waals surface area contributed by atoms with Crippen LogP contribution in [0.2, 0.25) is 0 Å². The number of anilines is 1. The zero-order valence-electron chi connectivity index (χ0n) is 11.4. The number of carbonyl (C=O) groups is 1. The number of ether oxygens (including phenoxy) is 1. The molecule has 0 aliphatic carbocycles. The highest BCUT2D eigenvalue weighted by molar-refractivity contribution is 5.78. The van der Waals surface area contributed by atoms with Crippen molar-refractivity contribution in [2.75, 3.05) is 44.3 Å². The molecule has 0 bridgehead atoms. The molecule has 0 atom stereocenters. The molecule has 0 unspecified atom stereocenters. The molecule has 7 heteroatoms. The molecule has 2 aliphatic rings. The summed E-state index contributed by atoms with van der Waals surface area (Å²) in [6, 6.07) is 0. The van der Waals surface area contributed by atoms with Gasteiger partial charge in [-0.1, -0.05) is 0 Å². The maximum atomic E-state index is 11.7. The van der Waals surface area contributed by atoms with Crippen molar-refractivity contribution in [2.45, 2.75) is 13.0 Å². The van der Waals surface area contributed by atoms with Crippen LogP contribution < -0.4 is 10.6 Å². The van der Waals surface area contributed by atoms with E-state index in [0.29, 0.717) is 13.1 Å². The van der Waals surface area contributed by atoms with Gasteiger partial charge < -0.3 is 20.3 Å². The Hall–Kier alpha value is -1.73. The number of carbonyl (C=O) groups excluding carboxylic acids is 1. The smallest absolute Gasteiger partial charge is 0.236 e. The molecule has 7 nitrogen and oxygen atoms in total. The van der Waals surface area contributed by atoms with Gasteiger partial charge in [-0.05, 0) is 6.42 Å². The molecule has 0 radical (unpaired) electrons. The first kappa shape index (κ1) is 13.3. The largest absolute Gasteiger partial charge is 0.378 e. The standard InChI is InChI=1S/C13H19N5O2/c14-7-12(19)18-2-1-10-11(8-18)15-9-16-13(10)17-3-5-20-6-4-17/h9H,1-8,14H2. The number of hydrogen-bond acceptors (Lipinski definition) is 6. The molecule has 1 amide bonds. The summed E-state index contributed by atoms with van der Waals surface area (Å²) in [5, 5.41) is 0. The van der Waals surface area contributed by atoms with E-state index in [0.717, 1.165) is 49.8 Å². The molecule has 1 aromatic heterocycles. The minimum atomic E-state index is -0.0258. The quantitative estimate of drug-likeness (QED) is 0.758. The van der Waals surface area contributed by atoms with Gasteiger partial charge in [-0.15, -0.1) is 0 Å². The van der Waals surface area contributed by atoms with Crippen molar-refractivity contribution in [3.8, 4) is 0 Å². The van der Waals surface area contributed by atoms with Gasteiger partial charge in [0.05, 0.1) is 32.0 Å². The van der Waals surface area contributed by atoms with E-state index in [4.69, 9.17) is 10.5 Å². The third-order valence-corrected chi connectivity index (χ3v) is 3.82. The van der Waals surface area contributed by atoms with Crippen LogP contribution in [-0.4, -0.2) is 60.2 Å². The van der Waals surface area contributed by atoms with Gasteiger partial charge >= 0.3 is 0 Å². The molecule has 0 saturated carbocycles. The normalized spacial score (nSPS) is 18.9. The predicted molar refractivity (Wildman–Crippen MR) is 73.2 cm³/mol. The molecule has 0 aromatic carbocycles. The van der Waals surface area contributed by atoms with Crippen LogP contribution >= 0.6 is 0 Å². The second kappa shape index (κ2) is 5.72. The van der Waals surface area contributed by atoms with Crippen LogP contribution in [0.3, 0.4) is 0 Å². The monoisotopic (exact) mass is 277 g/mol. The van der Waals surface area contributed by atoms with Crippen LogP contribution in [0.25, 0.3) is 0 Å². The second-order valence-corrected chi connectivity index (χ2v) is 4.99. The molecule has 3 heterocycles. The Morgan fingerprint density at radius 2 is 2.10 bits per heavy atom. The average Bonchev–Trinajstić information content (AvgIpc) is 2.53. The van der Waals surface area contributed by atoms with E-state index in [9.17, 15) is 4.79 Å². The van der Waals surface area contributed by atoms with E-state index in [1.807, 2.05) is 0 Å². The highest BCUT2D eigenvalue weighted by Crippen LogP contribution is 2.25. The van der Waals surface area contributed by atoms with Crippen LogP contribution in [-0.2, 0) is 22.5 Å². The minimum absolute atomic E-state index is 0.0258.